The van der Waals surface area contributed by atoms with Crippen LogP contribution < -0.4 is 0 Å². The van der Waals surface area contributed by atoms with Crippen molar-refractivity contribution in [2.24, 2.45) is 17.3 Å². The lowest BCUT2D eigenvalue weighted by Crippen LogP contribution is -2.48. The fraction of sp³-hybridized carbons (Fsp3) is 0.733. The van der Waals surface area contributed by atoms with Crippen LogP contribution in [-0.2, 0) is 5.41 Å². The second-order valence-electron chi connectivity index (χ2n) is 12.9. The van der Waals surface area contributed by atoms with Gasteiger partial charge < -0.3 is 10.2 Å². The molecule has 4 unspecified atom stereocenters. The molecule has 0 heterocycles. The molecule has 0 amide bonds. The molecule has 1 aromatic rings. The Morgan fingerprint density at radius 1 is 1.03 bits per heavy atom. The second kappa shape index (κ2) is 8.19. The molecule has 1 aromatic carbocycles. The van der Waals surface area contributed by atoms with Gasteiger partial charge in [-0.15, -0.1) is 0 Å². The van der Waals surface area contributed by atoms with E-state index in [1.807, 2.05) is 0 Å². The molecular weight excluding hydrogens is 392 g/mol. The zero-order chi connectivity index (χ0) is 23.5. The second-order valence-corrected chi connectivity index (χ2v) is 12.9. The van der Waals surface area contributed by atoms with Crippen molar-refractivity contribution in [3.8, 4) is 5.75 Å². The summed E-state index contributed by atoms with van der Waals surface area (Å²) in [7, 11) is 0. The Kier molecular flexibility index (Phi) is 6.11. The van der Waals surface area contributed by atoms with Crippen molar-refractivity contribution in [3.63, 3.8) is 0 Å². The van der Waals surface area contributed by atoms with Gasteiger partial charge in [0.05, 0.1) is 5.60 Å². The van der Waals surface area contributed by atoms with Crippen molar-refractivity contribution in [1.29, 1.82) is 0 Å². The van der Waals surface area contributed by atoms with E-state index in [4.69, 9.17) is 0 Å². The number of aromatic hydroxyl groups is 1. The summed E-state index contributed by atoms with van der Waals surface area (Å²) in [5, 5.41) is 21.9. The van der Waals surface area contributed by atoms with Gasteiger partial charge in [-0.1, -0.05) is 72.6 Å². The predicted octanol–water partition coefficient (Wildman–Crippen LogP) is 7.97. The zero-order valence-corrected chi connectivity index (χ0v) is 21.6. The third-order valence-electron chi connectivity index (χ3n) is 9.83. The van der Waals surface area contributed by atoms with Gasteiger partial charge in [0.25, 0.3) is 0 Å². The van der Waals surface area contributed by atoms with Crippen LogP contribution in [0, 0.1) is 17.3 Å². The van der Waals surface area contributed by atoms with E-state index in [2.05, 4.69) is 66.7 Å². The molecule has 32 heavy (non-hydrogen) atoms. The summed E-state index contributed by atoms with van der Waals surface area (Å²) in [4.78, 5) is 0. The number of benzene rings is 1. The molecular formula is C30H46O2. The van der Waals surface area contributed by atoms with Gasteiger partial charge in [0.15, 0.2) is 0 Å². The SMILES string of the molecule is CC(C)c1cc2c(cc1O)C1(C)CCCC(C)(C)C1CC2CC1=CCC(O)(C(C)C)CC1. The Morgan fingerprint density at radius 3 is 2.34 bits per heavy atom. The number of rotatable bonds is 4. The Balaban J connectivity index is 1.74. The largest absolute Gasteiger partial charge is 0.508 e. The van der Waals surface area contributed by atoms with Crippen molar-refractivity contribution >= 4 is 0 Å². The van der Waals surface area contributed by atoms with Crippen molar-refractivity contribution < 1.29 is 10.2 Å². The first-order valence-electron chi connectivity index (χ1n) is 13.1. The highest BCUT2D eigenvalue weighted by molar-refractivity contribution is 5.50. The Bertz CT molecular complexity index is 892. The first kappa shape index (κ1) is 23.9. The highest BCUT2D eigenvalue weighted by Gasteiger charge is 2.52. The van der Waals surface area contributed by atoms with Crippen molar-refractivity contribution in [3.05, 3.63) is 40.5 Å². The quantitative estimate of drug-likeness (QED) is 0.468. The van der Waals surface area contributed by atoms with Crippen LogP contribution in [0.1, 0.15) is 128 Å². The number of fused-ring (bicyclic) bond motifs is 3. The number of allylic oxidation sites excluding steroid dienone is 1. The van der Waals surface area contributed by atoms with Crippen LogP contribution in [-0.4, -0.2) is 15.8 Å². The van der Waals surface area contributed by atoms with Crippen LogP contribution in [0.5, 0.6) is 5.75 Å². The third kappa shape index (κ3) is 3.95. The smallest absolute Gasteiger partial charge is 0.119 e. The van der Waals surface area contributed by atoms with Crippen molar-refractivity contribution in [1.82, 2.24) is 0 Å². The first-order valence-corrected chi connectivity index (χ1v) is 13.1. The summed E-state index contributed by atoms with van der Waals surface area (Å²) < 4.78 is 0. The van der Waals surface area contributed by atoms with E-state index in [0.29, 0.717) is 34.8 Å². The molecule has 178 valence electrons. The molecule has 2 nitrogen and oxygen atoms in total. The molecule has 0 bridgehead atoms. The predicted molar refractivity (Wildman–Crippen MR) is 134 cm³/mol. The van der Waals surface area contributed by atoms with Crippen molar-refractivity contribution in [2.75, 3.05) is 0 Å². The molecule has 2 heteroatoms. The molecule has 0 radical (unpaired) electrons. The van der Waals surface area contributed by atoms with Gasteiger partial charge in [-0.25, -0.2) is 0 Å². The standard InChI is InChI=1S/C30H46O2/c1-19(2)23-17-24-22(15-21-9-13-30(32,14-10-21)20(3)4)16-27-28(5,6)11-8-12-29(27,7)25(24)18-26(23)31/h9,17-20,22,27,31-32H,8,10-16H2,1-7H3. The maximum Gasteiger partial charge on any atom is 0.119 e. The van der Waals surface area contributed by atoms with E-state index >= 15 is 0 Å². The molecule has 3 aliphatic carbocycles. The normalized spacial score (nSPS) is 34.2. The zero-order valence-electron chi connectivity index (χ0n) is 21.6. The molecule has 0 spiro atoms. The minimum Gasteiger partial charge on any atom is -0.508 e. The lowest BCUT2D eigenvalue weighted by Gasteiger charge is -2.56. The lowest BCUT2D eigenvalue weighted by molar-refractivity contribution is -0.0147. The molecule has 1 fully saturated rings. The van der Waals surface area contributed by atoms with E-state index in [0.717, 1.165) is 31.2 Å². The number of phenols is 1. The number of phenolic OH excluding ortho intramolecular Hbond substituents is 1. The summed E-state index contributed by atoms with van der Waals surface area (Å²) in [6.07, 6.45) is 11.2. The summed E-state index contributed by atoms with van der Waals surface area (Å²) in [5.41, 5.74) is 5.49. The molecule has 4 atom stereocenters. The van der Waals surface area contributed by atoms with E-state index in [9.17, 15) is 10.2 Å². The van der Waals surface area contributed by atoms with E-state index < -0.39 is 5.60 Å². The molecule has 2 N–H and O–H groups in total. The first-order chi connectivity index (χ1) is 14.9. The van der Waals surface area contributed by atoms with E-state index in [1.54, 1.807) is 0 Å². The highest BCUT2D eigenvalue weighted by Crippen LogP contribution is 2.61. The van der Waals surface area contributed by atoms with Crippen LogP contribution in [0.25, 0.3) is 0 Å². The van der Waals surface area contributed by atoms with Gasteiger partial charge in [0.2, 0.25) is 0 Å². The monoisotopic (exact) mass is 438 g/mol. The fourth-order valence-corrected chi connectivity index (χ4v) is 7.47. The third-order valence-corrected chi connectivity index (χ3v) is 9.83. The van der Waals surface area contributed by atoms with Gasteiger partial charge >= 0.3 is 0 Å². The average Bonchev–Trinajstić information content (AvgIpc) is 2.70. The minimum absolute atomic E-state index is 0.152. The van der Waals surface area contributed by atoms with Gasteiger partial charge in [-0.3, -0.25) is 0 Å². The molecule has 0 saturated heterocycles. The Morgan fingerprint density at radius 2 is 1.75 bits per heavy atom. The molecule has 3 aliphatic rings. The maximum atomic E-state index is 10.9. The maximum absolute atomic E-state index is 10.9. The number of hydrogen-bond acceptors (Lipinski definition) is 2. The minimum atomic E-state index is -0.533. The van der Waals surface area contributed by atoms with E-state index in [-0.39, 0.29) is 5.41 Å². The van der Waals surface area contributed by atoms with Crippen LogP contribution in [0.3, 0.4) is 0 Å². The van der Waals surface area contributed by atoms with Crippen LogP contribution >= 0.6 is 0 Å². The van der Waals surface area contributed by atoms with Crippen LogP contribution in [0.2, 0.25) is 0 Å². The molecule has 0 aliphatic heterocycles. The van der Waals surface area contributed by atoms with E-state index in [1.165, 1.54) is 42.4 Å². The summed E-state index contributed by atoms with van der Waals surface area (Å²) in [6, 6.07) is 4.51. The molecule has 4 rings (SSSR count). The van der Waals surface area contributed by atoms with Crippen LogP contribution in [0.4, 0.5) is 0 Å². The Labute approximate surface area is 196 Å². The van der Waals surface area contributed by atoms with Gasteiger partial charge in [0.1, 0.15) is 5.75 Å². The van der Waals surface area contributed by atoms with Crippen molar-refractivity contribution in [2.45, 2.75) is 123 Å². The lowest BCUT2D eigenvalue weighted by atomic mass is 9.48. The summed E-state index contributed by atoms with van der Waals surface area (Å²) in [6.45, 7) is 16.1. The van der Waals surface area contributed by atoms with Crippen LogP contribution in [0.15, 0.2) is 23.8 Å². The number of aliphatic hydroxyl groups is 1. The molecule has 1 saturated carbocycles. The topological polar surface area (TPSA) is 40.5 Å². The Hall–Kier alpha value is -1.28. The van der Waals surface area contributed by atoms with Gasteiger partial charge in [-0.05, 0) is 102 Å². The number of hydrogen-bond donors (Lipinski definition) is 2. The average molecular weight is 439 g/mol. The highest BCUT2D eigenvalue weighted by atomic mass is 16.3. The van der Waals surface area contributed by atoms with Gasteiger partial charge in [0, 0.05) is 0 Å². The molecule has 0 aromatic heterocycles. The summed E-state index contributed by atoms with van der Waals surface area (Å²) in [5.74, 6) is 2.26. The van der Waals surface area contributed by atoms with Gasteiger partial charge in [-0.2, -0.15) is 0 Å². The fourth-order valence-electron chi connectivity index (χ4n) is 7.47. The summed E-state index contributed by atoms with van der Waals surface area (Å²) >= 11 is 0.